The molecule has 4 heteroatoms. The third-order valence-electron chi connectivity index (χ3n) is 6.02. The summed E-state index contributed by atoms with van der Waals surface area (Å²) in [5, 5.41) is 18.7. The molecule has 0 atom stereocenters. The first-order valence-electron chi connectivity index (χ1n) is 11.9. The van der Waals surface area contributed by atoms with E-state index in [1.54, 1.807) is 0 Å². The highest BCUT2D eigenvalue weighted by Gasteiger charge is 2.36. The predicted molar refractivity (Wildman–Crippen MR) is 117 cm³/mol. The Morgan fingerprint density at radius 1 is 0.571 bits per heavy atom. The highest BCUT2D eigenvalue weighted by atomic mass is 16.4. The van der Waals surface area contributed by atoms with Gasteiger partial charge in [0, 0.05) is 6.42 Å². The van der Waals surface area contributed by atoms with E-state index in [4.69, 9.17) is 5.11 Å². The quantitative estimate of drug-likeness (QED) is 0.195. The molecule has 2 N–H and O–H groups in total. The van der Waals surface area contributed by atoms with Gasteiger partial charge in [-0.15, -0.1) is 0 Å². The Morgan fingerprint density at radius 2 is 0.929 bits per heavy atom. The first-order valence-corrected chi connectivity index (χ1v) is 11.9. The molecule has 0 aliphatic heterocycles. The predicted octanol–water partition coefficient (Wildman–Crippen LogP) is 7.59. The van der Waals surface area contributed by atoms with Crippen molar-refractivity contribution in [1.29, 1.82) is 0 Å². The molecule has 0 aromatic rings. The molecule has 0 aliphatic rings. The van der Waals surface area contributed by atoms with Crippen LogP contribution < -0.4 is 0 Å². The number of hydrogen-bond donors (Lipinski definition) is 2. The highest BCUT2D eigenvalue weighted by Crippen LogP contribution is 2.37. The Labute approximate surface area is 173 Å². The van der Waals surface area contributed by atoms with Crippen molar-refractivity contribution in [2.75, 3.05) is 0 Å². The Balaban J connectivity index is 4.28. The third-order valence-corrected chi connectivity index (χ3v) is 6.02. The van der Waals surface area contributed by atoms with Crippen molar-refractivity contribution in [2.45, 2.75) is 136 Å². The molecular formula is C24H46O4. The number of aliphatic carboxylic acids is 2. The topological polar surface area (TPSA) is 74.6 Å². The van der Waals surface area contributed by atoms with Crippen molar-refractivity contribution < 1.29 is 19.8 Å². The molecule has 0 bridgehead atoms. The van der Waals surface area contributed by atoms with Crippen LogP contribution in [0.1, 0.15) is 136 Å². The van der Waals surface area contributed by atoms with Gasteiger partial charge >= 0.3 is 11.9 Å². The molecule has 0 unspecified atom stereocenters. The van der Waals surface area contributed by atoms with Gasteiger partial charge in [0.1, 0.15) is 0 Å². The van der Waals surface area contributed by atoms with Gasteiger partial charge in [-0.1, -0.05) is 104 Å². The number of unbranched alkanes of at least 4 members (excludes halogenated alkanes) is 12. The zero-order valence-electron chi connectivity index (χ0n) is 18.6. The van der Waals surface area contributed by atoms with E-state index in [1.165, 1.54) is 25.7 Å². The molecule has 166 valence electrons. The SMILES string of the molecule is CCCCCCC(CCCCCC)(CCCCCCCCCC(=O)O)C(=O)O. The maximum Gasteiger partial charge on any atom is 0.309 e. The van der Waals surface area contributed by atoms with Gasteiger partial charge in [-0.2, -0.15) is 0 Å². The fourth-order valence-electron chi connectivity index (χ4n) is 4.10. The monoisotopic (exact) mass is 398 g/mol. The van der Waals surface area contributed by atoms with Gasteiger partial charge in [-0.05, 0) is 25.7 Å². The normalized spacial score (nSPS) is 11.6. The summed E-state index contributed by atoms with van der Waals surface area (Å²) in [5.74, 6) is -1.28. The van der Waals surface area contributed by atoms with Gasteiger partial charge < -0.3 is 10.2 Å². The lowest BCUT2D eigenvalue weighted by Gasteiger charge is -2.30. The van der Waals surface area contributed by atoms with Crippen LogP contribution in [0.2, 0.25) is 0 Å². The molecule has 0 saturated heterocycles. The minimum Gasteiger partial charge on any atom is -0.481 e. The average molecular weight is 399 g/mol. The van der Waals surface area contributed by atoms with E-state index in [-0.39, 0.29) is 6.42 Å². The Bertz CT molecular complexity index is 380. The minimum atomic E-state index is -0.706. The van der Waals surface area contributed by atoms with Crippen molar-refractivity contribution in [3.63, 3.8) is 0 Å². The van der Waals surface area contributed by atoms with Crippen molar-refractivity contribution in [3.05, 3.63) is 0 Å². The Morgan fingerprint density at radius 3 is 1.29 bits per heavy atom. The molecule has 0 fully saturated rings. The summed E-state index contributed by atoms with van der Waals surface area (Å²) in [5.41, 5.74) is -0.511. The van der Waals surface area contributed by atoms with E-state index in [0.29, 0.717) is 0 Å². The minimum absolute atomic E-state index is 0.275. The smallest absolute Gasteiger partial charge is 0.309 e. The van der Waals surface area contributed by atoms with Crippen molar-refractivity contribution in [3.8, 4) is 0 Å². The largest absolute Gasteiger partial charge is 0.481 e. The van der Waals surface area contributed by atoms with E-state index < -0.39 is 17.4 Å². The number of carboxylic acids is 2. The standard InChI is InChI=1S/C24H46O4/c1-3-5-7-15-19-24(23(27)28,20-16-8-6-4-2)21-17-13-11-9-10-12-14-18-22(25)26/h3-21H2,1-2H3,(H,25,26)(H,27,28). The van der Waals surface area contributed by atoms with Gasteiger partial charge in [0.05, 0.1) is 5.41 Å². The van der Waals surface area contributed by atoms with E-state index in [2.05, 4.69) is 13.8 Å². The van der Waals surface area contributed by atoms with Crippen molar-refractivity contribution in [2.24, 2.45) is 5.41 Å². The maximum absolute atomic E-state index is 12.2. The molecule has 0 aliphatic carbocycles. The van der Waals surface area contributed by atoms with Crippen LogP contribution >= 0.6 is 0 Å². The van der Waals surface area contributed by atoms with E-state index in [0.717, 1.165) is 89.9 Å². The molecule has 0 heterocycles. The first-order chi connectivity index (χ1) is 13.5. The molecule has 0 aromatic carbocycles. The lowest BCUT2D eigenvalue weighted by molar-refractivity contribution is -0.151. The van der Waals surface area contributed by atoms with Crippen LogP contribution in [0.15, 0.2) is 0 Å². The first kappa shape index (κ1) is 26.9. The molecule has 0 rings (SSSR count). The van der Waals surface area contributed by atoms with Crippen LogP contribution in [0.3, 0.4) is 0 Å². The fraction of sp³-hybridized carbons (Fsp3) is 0.917. The van der Waals surface area contributed by atoms with Gasteiger partial charge in [0.25, 0.3) is 0 Å². The van der Waals surface area contributed by atoms with Crippen LogP contribution in [0, 0.1) is 5.41 Å². The summed E-state index contributed by atoms with van der Waals surface area (Å²) in [6, 6.07) is 0. The second-order valence-corrected chi connectivity index (χ2v) is 8.58. The lowest BCUT2D eigenvalue weighted by Crippen LogP contribution is -2.31. The third kappa shape index (κ3) is 14.0. The maximum atomic E-state index is 12.2. The summed E-state index contributed by atoms with van der Waals surface area (Å²) in [4.78, 5) is 22.7. The van der Waals surface area contributed by atoms with Crippen LogP contribution in [0.25, 0.3) is 0 Å². The van der Waals surface area contributed by atoms with E-state index >= 15 is 0 Å². The second-order valence-electron chi connectivity index (χ2n) is 8.58. The van der Waals surface area contributed by atoms with Crippen LogP contribution in [-0.4, -0.2) is 22.2 Å². The summed E-state index contributed by atoms with van der Waals surface area (Å²) >= 11 is 0. The Kier molecular flexibility index (Phi) is 17.3. The summed E-state index contributed by atoms with van der Waals surface area (Å²) in [7, 11) is 0. The molecule has 0 spiro atoms. The number of hydrogen-bond acceptors (Lipinski definition) is 2. The number of rotatable bonds is 21. The molecule has 4 nitrogen and oxygen atoms in total. The van der Waals surface area contributed by atoms with Gasteiger partial charge in [-0.25, -0.2) is 0 Å². The number of carboxylic acid groups (broad SMARTS) is 2. The van der Waals surface area contributed by atoms with E-state index in [1.807, 2.05) is 0 Å². The Hall–Kier alpha value is -1.06. The molecular weight excluding hydrogens is 352 g/mol. The second kappa shape index (κ2) is 18.0. The molecule has 0 saturated carbocycles. The summed E-state index contributed by atoms with van der Waals surface area (Å²) in [6.07, 6.45) is 19.1. The molecule has 0 aromatic heterocycles. The molecule has 28 heavy (non-hydrogen) atoms. The van der Waals surface area contributed by atoms with Crippen LogP contribution in [-0.2, 0) is 9.59 Å². The average Bonchev–Trinajstić information content (AvgIpc) is 2.66. The fourth-order valence-corrected chi connectivity index (χ4v) is 4.10. The zero-order valence-corrected chi connectivity index (χ0v) is 18.6. The van der Waals surface area contributed by atoms with Crippen molar-refractivity contribution in [1.82, 2.24) is 0 Å². The van der Waals surface area contributed by atoms with Crippen LogP contribution in [0.4, 0.5) is 0 Å². The van der Waals surface area contributed by atoms with E-state index in [9.17, 15) is 14.7 Å². The highest BCUT2D eigenvalue weighted by molar-refractivity contribution is 5.74. The lowest BCUT2D eigenvalue weighted by atomic mass is 9.74. The summed E-state index contributed by atoms with van der Waals surface area (Å²) in [6.45, 7) is 4.38. The van der Waals surface area contributed by atoms with Gasteiger partial charge in [0.2, 0.25) is 0 Å². The van der Waals surface area contributed by atoms with Gasteiger partial charge in [-0.3, -0.25) is 9.59 Å². The van der Waals surface area contributed by atoms with Crippen molar-refractivity contribution >= 4 is 11.9 Å². The molecule has 0 radical (unpaired) electrons. The zero-order chi connectivity index (χ0) is 21.1. The molecule has 0 amide bonds. The van der Waals surface area contributed by atoms with Gasteiger partial charge in [0.15, 0.2) is 0 Å². The van der Waals surface area contributed by atoms with Crippen LogP contribution in [0.5, 0.6) is 0 Å². The number of carbonyl (C=O) groups is 2. The summed E-state index contributed by atoms with van der Waals surface area (Å²) < 4.78 is 0.